The number of fused-ring (bicyclic) bond motifs is 1. The predicted octanol–water partition coefficient (Wildman–Crippen LogP) is 4.73. The molecule has 0 unspecified atom stereocenters. The van der Waals surface area contributed by atoms with Crippen LogP contribution in [0.25, 0.3) is 0 Å². The lowest BCUT2D eigenvalue weighted by Crippen LogP contribution is -2.29. The predicted molar refractivity (Wildman–Crippen MR) is 104 cm³/mol. The number of carbonyl (C=O) groups excluding carboxylic acids is 1. The molecular weight excluding hydrogens is 371 g/mol. The number of hydrogen-bond acceptors (Lipinski definition) is 4. The molecule has 2 heterocycles. The molecule has 0 spiro atoms. The number of amides is 1. The first-order valence-corrected chi connectivity index (χ1v) is 8.81. The zero-order valence-corrected chi connectivity index (χ0v) is 15.1. The smallest absolute Gasteiger partial charge is 0.277 e. The molecule has 4 rings (SSSR count). The number of halogens is 2. The first-order chi connectivity index (χ1) is 12.6. The molecule has 0 radical (unpaired) electrons. The van der Waals surface area contributed by atoms with Gasteiger partial charge in [0.15, 0.2) is 0 Å². The average Bonchev–Trinajstić information content (AvgIpc) is 3.08. The van der Waals surface area contributed by atoms with Crippen molar-refractivity contribution < 1.29 is 4.79 Å². The third-order valence-electron chi connectivity index (χ3n) is 4.21. The summed E-state index contributed by atoms with van der Waals surface area (Å²) in [5, 5.41) is 4.03. The lowest BCUT2D eigenvalue weighted by Gasteiger charge is -2.17. The molecule has 2 aromatic carbocycles. The molecule has 0 fully saturated rings. The van der Waals surface area contributed by atoms with Crippen molar-refractivity contribution in [1.82, 2.24) is 9.97 Å². The van der Waals surface area contributed by atoms with Gasteiger partial charge in [0.25, 0.3) is 5.91 Å². The van der Waals surface area contributed by atoms with Crippen molar-refractivity contribution >= 4 is 46.3 Å². The Kier molecular flexibility index (Phi) is 4.49. The Bertz CT molecular complexity index is 993. The van der Waals surface area contributed by atoms with E-state index in [1.165, 1.54) is 11.9 Å². The van der Waals surface area contributed by atoms with Gasteiger partial charge in [-0.25, -0.2) is 9.97 Å². The molecule has 0 saturated heterocycles. The van der Waals surface area contributed by atoms with Crippen LogP contribution in [-0.4, -0.2) is 22.4 Å². The van der Waals surface area contributed by atoms with Gasteiger partial charge in [0.2, 0.25) is 0 Å². The fraction of sp³-hybridized carbons (Fsp3) is 0.105. The van der Waals surface area contributed by atoms with Gasteiger partial charge in [-0.1, -0.05) is 41.4 Å². The van der Waals surface area contributed by atoms with Gasteiger partial charge in [-0.05, 0) is 36.2 Å². The molecule has 26 heavy (non-hydrogen) atoms. The Labute approximate surface area is 160 Å². The Balaban J connectivity index is 1.58. The number of carbonyl (C=O) groups is 1. The molecule has 1 aliphatic rings. The normalized spacial score (nSPS) is 12.8. The van der Waals surface area contributed by atoms with Crippen molar-refractivity contribution in [2.45, 2.75) is 6.42 Å². The highest BCUT2D eigenvalue weighted by Crippen LogP contribution is 2.29. The van der Waals surface area contributed by atoms with Gasteiger partial charge in [0.1, 0.15) is 17.8 Å². The lowest BCUT2D eigenvalue weighted by atomic mass is 10.2. The first-order valence-electron chi connectivity index (χ1n) is 8.06. The van der Waals surface area contributed by atoms with Crippen LogP contribution in [-0.2, 0) is 6.42 Å². The zero-order valence-electron chi connectivity index (χ0n) is 13.6. The summed E-state index contributed by atoms with van der Waals surface area (Å²) in [5.41, 5.74) is 3.17. The SMILES string of the molecule is O=C(c1cc(Nc2ccc(Cl)c(Cl)c2)ncn1)N1CCc2ccccc21. The number of benzene rings is 2. The number of anilines is 3. The fourth-order valence-electron chi connectivity index (χ4n) is 2.95. The Hall–Kier alpha value is -2.63. The van der Waals surface area contributed by atoms with Crippen LogP contribution in [0.4, 0.5) is 17.2 Å². The number of rotatable bonds is 3. The van der Waals surface area contributed by atoms with E-state index in [0.29, 0.717) is 28.1 Å². The van der Waals surface area contributed by atoms with Crippen molar-refractivity contribution in [3.05, 3.63) is 76.2 Å². The van der Waals surface area contributed by atoms with Gasteiger partial charge in [0.05, 0.1) is 10.0 Å². The van der Waals surface area contributed by atoms with Crippen LogP contribution in [0.15, 0.2) is 54.9 Å². The molecule has 1 aliphatic heterocycles. The third-order valence-corrected chi connectivity index (χ3v) is 4.95. The molecule has 0 atom stereocenters. The summed E-state index contributed by atoms with van der Waals surface area (Å²) < 4.78 is 0. The van der Waals surface area contributed by atoms with E-state index in [1.807, 2.05) is 24.3 Å². The molecule has 0 saturated carbocycles. The quantitative estimate of drug-likeness (QED) is 0.708. The lowest BCUT2D eigenvalue weighted by molar-refractivity contribution is 0.0984. The number of nitrogens with zero attached hydrogens (tertiary/aromatic N) is 3. The summed E-state index contributed by atoms with van der Waals surface area (Å²) in [5.74, 6) is 0.365. The molecule has 1 aromatic heterocycles. The topological polar surface area (TPSA) is 58.1 Å². The molecule has 7 heteroatoms. The number of nitrogens with one attached hydrogen (secondary N) is 1. The summed E-state index contributed by atoms with van der Waals surface area (Å²) in [7, 11) is 0. The largest absolute Gasteiger partial charge is 0.340 e. The molecule has 3 aromatic rings. The second-order valence-corrected chi connectivity index (χ2v) is 6.69. The summed E-state index contributed by atoms with van der Waals surface area (Å²) in [6.07, 6.45) is 2.22. The van der Waals surface area contributed by atoms with E-state index < -0.39 is 0 Å². The van der Waals surface area contributed by atoms with Crippen molar-refractivity contribution in [2.24, 2.45) is 0 Å². The molecule has 1 amide bonds. The highest BCUT2D eigenvalue weighted by molar-refractivity contribution is 6.42. The minimum absolute atomic E-state index is 0.144. The molecular formula is C19H14Cl2N4O. The van der Waals surface area contributed by atoms with Crippen LogP contribution in [0.2, 0.25) is 10.0 Å². The molecule has 5 nitrogen and oxygen atoms in total. The van der Waals surface area contributed by atoms with Gasteiger partial charge >= 0.3 is 0 Å². The van der Waals surface area contributed by atoms with E-state index in [9.17, 15) is 4.79 Å². The number of para-hydroxylation sites is 1. The van der Waals surface area contributed by atoms with Gasteiger partial charge < -0.3 is 10.2 Å². The average molecular weight is 385 g/mol. The zero-order chi connectivity index (χ0) is 18.1. The van der Waals surface area contributed by atoms with Crippen molar-refractivity contribution in [3.63, 3.8) is 0 Å². The maximum absolute atomic E-state index is 12.9. The van der Waals surface area contributed by atoms with E-state index in [-0.39, 0.29) is 5.91 Å². The van der Waals surface area contributed by atoms with Gasteiger partial charge in [-0.2, -0.15) is 0 Å². The Morgan fingerprint density at radius 2 is 1.88 bits per heavy atom. The van der Waals surface area contributed by atoms with E-state index in [1.54, 1.807) is 29.2 Å². The van der Waals surface area contributed by atoms with E-state index in [4.69, 9.17) is 23.2 Å². The fourth-order valence-corrected chi connectivity index (χ4v) is 3.25. The number of aromatic nitrogens is 2. The van der Waals surface area contributed by atoms with Crippen LogP contribution in [0.1, 0.15) is 16.1 Å². The first kappa shape index (κ1) is 16.8. The highest BCUT2D eigenvalue weighted by Gasteiger charge is 2.26. The van der Waals surface area contributed by atoms with E-state index in [2.05, 4.69) is 15.3 Å². The van der Waals surface area contributed by atoms with E-state index in [0.717, 1.165) is 17.8 Å². The summed E-state index contributed by atoms with van der Waals surface area (Å²) in [6, 6.07) is 14.7. The minimum atomic E-state index is -0.144. The maximum atomic E-state index is 12.9. The second kappa shape index (κ2) is 6.94. The van der Waals surface area contributed by atoms with Crippen LogP contribution >= 0.6 is 23.2 Å². The van der Waals surface area contributed by atoms with Gasteiger partial charge in [-0.3, -0.25) is 4.79 Å². The highest BCUT2D eigenvalue weighted by atomic mass is 35.5. The van der Waals surface area contributed by atoms with E-state index >= 15 is 0 Å². The summed E-state index contributed by atoms with van der Waals surface area (Å²) >= 11 is 12.0. The van der Waals surface area contributed by atoms with Crippen molar-refractivity contribution in [3.8, 4) is 0 Å². The molecule has 1 N–H and O–H groups in total. The third kappa shape index (κ3) is 3.23. The summed E-state index contributed by atoms with van der Waals surface area (Å²) in [4.78, 5) is 22.9. The Morgan fingerprint density at radius 3 is 2.73 bits per heavy atom. The van der Waals surface area contributed by atoms with Crippen LogP contribution in [0.3, 0.4) is 0 Å². The number of hydrogen-bond donors (Lipinski definition) is 1. The molecule has 0 bridgehead atoms. The van der Waals surface area contributed by atoms with Crippen LogP contribution in [0, 0.1) is 0 Å². The minimum Gasteiger partial charge on any atom is -0.340 e. The molecule has 130 valence electrons. The van der Waals surface area contributed by atoms with Crippen molar-refractivity contribution in [1.29, 1.82) is 0 Å². The maximum Gasteiger partial charge on any atom is 0.277 e. The standard InChI is InChI=1S/C19H14Cl2N4O/c20-14-6-5-13(9-15(14)21)24-18-10-16(22-11-23-18)19(26)25-8-7-12-3-1-2-4-17(12)25/h1-6,9-11H,7-8H2,(H,22,23,24). The Morgan fingerprint density at radius 1 is 1.04 bits per heavy atom. The van der Waals surface area contributed by atoms with Gasteiger partial charge in [0, 0.05) is 24.0 Å². The van der Waals surface area contributed by atoms with Crippen LogP contribution in [0.5, 0.6) is 0 Å². The summed E-state index contributed by atoms with van der Waals surface area (Å²) in [6.45, 7) is 0.651. The molecule has 0 aliphatic carbocycles. The second-order valence-electron chi connectivity index (χ2n) is 5.88. The monoisotopic (exact) mass is 384 g/mol. The van der Waals surface area contributed by atoms with Crippen LogP contribution < -0.4 is 10.2 Å². The van der Waals surface area contributed by atoms with Crippen molar-refractivity contribution in [2.75, 3.05) is 16.8 Å². The van der Waals surface area contributed by atoms with Gasteiger partial charge in [-0.15, -0.1) is 0 Å².